The third-order valence-electron chi connectivity index (χ3n) is 5.37. The van der Waals surface area contributed by atoms with Gasteiger partial charge in [0.05, 0.1) is 0 Å². The Kier molecular flexibility index (Phi) is 8.69. The zero-order chi connectivity index (χ0) is 20.4. The standard InChI is InChI=1S/C26H31NO/c1-4-6-10-21(5-2)15-18-25(28)24(19-27)26(22-11-8-7-9-12-22)23-16-13-20(3)14-17-23/h7-9,11-14,16-17,21H,4-6,10,15,18H2,1-3H3/b26-24+. The molecule has 2 aromatic carbocycles. The van der Waals surface area contributed by atoms with Gasteiger partial charge < -0.3 is 0 Å². The van der Waals surface area contributed by atoms with Crippen molar-refractivity contribution < 1.29 is 4.79 Å². The van der Waals surface area contributed by atoms with Gasteiger partial charge in [-0.25, -0.2) is 0 Å². The van der Waals surface area contributed by atoms with E-state index < -0.39 is 0 Å². The van der Waals surface area contributed by atoms with Crippen LogP contribution in [0.25, 0.3) is 5.57 Å². The molecule has 0 radical (unpaired) electrons. The predicted molar refractivity (Wildman–Crippen MR) is 117 cm³/mol. The van der Waals surface area contributed by atoms with E-state index in [1.807, 2.05) is 61.5 Å². The Morgan fingerprint density at radius 2 is 1.61 bits per heavy atom. The minimum Gasteiger partial charge on any atom is -0.293 e. The van der Waals surface area contributed by atoms with E-state index in [9.17, 15) is 10.1 Å². The first kappa shape index (κ1) is 21.6. The van der Waals surface area contributed by atoms with Crippen LogP contribution in [0.15, 0.2) is 60.2 Å². The highest BCUT2D eigenvalue weighted by molar-refractivity contribution is 6.09. The van der Waals surface area contributed by atoms with Crippen LogP contribution in [0.4, 0.5) is 0 Å². The van der Waals surface area contributed by atoms with Crippen molar-refractivity contribution in [2.24, 2.45) is 5.92 Å². The number of benzene rings is 2. The first-order valence-electron chi connectivity index (χ1n) is 10.4. The highest BCUT2D eigenvalue weighted by atomic mass is 16.1. The van der Waals surface area contributed by atoms with Crippen LogP contribution in [0.5, 0.6) is 0 Å². The third kappa shape index (κ3) is 5.92. The highest BCUT2D eigenvalue weighted by Crippen LogP contribution is 2.29. The molecule has 0 aliphatic carbocycles. The molecular weight excluding hydrogens is 342 g/mol. The highest BCUT2D eigenvalue weighted by Gasteiger charge is 2.19. The SMILES string of the molecule is CCCCC(CC)CCC(=O)/C(C#N)=C(\c1ccccc1)c1ccc(C)cc1. The average molecular weight is 374 g/mol. The molecule has 0 fully saturated rings. The number of hydrogen-bond acceptors (Lipinski definition) is 2. The number of carbonyl (C=O) groups is 1. The summed E-state index contributed by atoms with van der Waals surface area (Å²) in [5.41, 5.74) is 4.01. The second kappa shape index (κ2) is 11.2. The van der Waals surface area contributed by atoms with Crippen LogP contribution in [0, 0.1) is 24.2 Å². The number of nitriles is 1. The van der Waals surface area contributed by atoms with E-state index in [0.717, 1.165) is 41.5 Å². The fourth-order valence-corrected chi connectivity index (χ4v) is 3.54. The molecule has 0 saturated carbocycles. The number of carbonyl (C=O) groups excluding carboxylic acids is 1. The Labute approximate surface area is 169 Å². The van der Waals surface area contributed by atoms with Crippen molar-refractivity contribution in [1.82, 2.24) is 0 Å². The van der Waals surface area contributed by atoms with Gasteiger partial charge in [0.2, 0.25) is 0 Å². The first-order chi connectivity index (χ1) is 13.6. The minimum atomic E-state index is -0.0446. The lowest BCUT2D eigenvalue weighted by molar-refractivity contribution is -0.115. The smallest absolute Gasteiger partial charge is 0.174 e. The molecule has 2 heteroatoms. The monoisotopic (exact) mass is 373 g/mol. The van der Waals surface area contributed by atoms with Gasteiger partial charge in [-0.3, -0.25) is 4.79 Å². The lowest BCUT2D eigenvalue weighted by Crippen LogP contribution is -2.09. The summed E-state index contributed by atoms with van der Waals surface area (Å²) in [5.74, 6) is 0.514. The van der Waals surface area contributed by atoms with Crippen LogP contribution in [-0.2, 0) is 4.79 Å². The quantitative estimate of drug-likeness (QED) is 0.336. The number of ketones is 1. The van der Waals surface area contributed by atoms with E-state index >= 15 is 0 Å². The van der Waals surface area contributed by atoms with Crippen molar-refractivity contribution in [2.75, 3.05) is 0 Å². The molecule has 2 nitrogen and oxygen atoms in total. The molecule has 0 aliphatic heterocycles. The van der Waals surface area contributed by atoms with Crippen molar-refractivity contribution in [3.05, 3.63) is 76.9 Å². The maximum atomic E-state index is 13.0. The molecular formula is C26H31NO. The molecule has 28 heavy (non-hydrogen) atoms. The summed E-state index contributed by atoms with van der Waals surface area (Å²) >= 11 is 0. The molecule has 0 bridgehead atoms. The van der Waals surface area contributed by atoms with Crippen LogP contribution >= 0.6 is 0 Å². The van der Waals surface area contributed by atoms with E-state index in [0.29, 0.717) is 12.3 Å². The van der Waals surface area contributed by atoms with Crippen molar-refractivity contribution in [3.8, 4) is 6.07 Å². The van der Waals surface area contributed by atoms with E-state index in [1.165, 1.54) is 12.8 Å². The van der Waals surface area contributed by atoms with Gasteiger partial charge in [-0.1, -0.05) is 99.7 Å². The van der Waals surface area contributed by atoms with Crippen molar-refractivity contribution in [1.29, 1.82) is 5.26 Å². The van der Waals surface area contributed by atoms with E-state index in [4.69, 9.17) is 0 Å². The van der Waals surface area contributed by atoms with Gasteiger partial charge in [0, 0.05) is 12.0 Å². The maximum absolute atomic E-state index is 13.0. The third-order valence-corrected chi connectivity index (χ3v) is 5.37. The topological polar surface area (TPSA) is 40.9 Å². The Balaban J connectivity index is 2.37. The van der Waals surface area contributed by atoms with Gasteiger partial charge >= 0.3 is 0 Å². The molecule has 1 unspecified atom stereocenters. The largest absolute Gasteiger partial charge is 0.293 e. The van der Waals surface area contributed by atoms with Crippen molar-refractivity contribution in [2.45, 2.75) is 59.3 Å². The summed E-state index contributed by atoms with van der Waals surface area (Å²) in [7, 11) is 0. The van der Waals surface area contributed by atoms with Gasteiger partial charge in [0.25, 0.3) is 0 Å². The second-order valence-corrected chi connectivity index (χ2v) is 7.47. The number of nitrogens with zero attached hydrogens (tertiary/aromatic N) is 1. The molecule has 2 rings (SSSR count). The Bertz CT molecular complexity index is 825. The summed E-state index contributed by atoms with van der Waals surface area (Å²) in [6, 6.07) is 20.0. The van der Waals surface area contributed by atoms with Gasteiger partial charge in [-0.05, 0) is 30.4 Å². The number of hydrogen-bond donors (Lipinski definition) is 0. The lowest BCUT2D eigenvalue weighted by atomic mass is 9.88. The first-order valence-corrected chi connectivity index (χ1v) is 10.4. The average Bonchev–Trinajstić information content (AvgIpc) is 2.73. The van der Waals surface area contributed by atoms with Crippen molar-refractivity contribution in [3.63, 3.8) is 0 Å². The Morgan fingerprint density at radius 1 is 0.964 bits per heavy atom. The molecule has 0 saturated heterocycles. The van der Waals surface area contributed by atoms with E-state index in [2.05, 4.69) is 19.9 Å². The molecule has 0 N–H and O–H groups in total. The maximum Gasteiger partial charge on any atom is 0.174 e. The fraction of sp³-hybridized carbons (Fsp3) is 0.385. The zero-order valence-electron chi connectivity index (χ0n) is 17.4. The fourth-order valence-electron chi connectivity index (χ4n) is 3.54. The van der Waals surface area contributed by atoms with E-state index in [-0.39, 0.29) is 11.4 Å². The molecule has 0 spiro atoms. The molecule has 1 atom stereocenters. The molecule has 2 aromatic rings. The van der Waals surface area contributed by atoms with Gasteiger partial charge in [-0.15, -0.1) is 0 Å². The Hall–Kier alpha value is -2.66. The molecule has 0 aliphatic rings. The summed E-state index contributed by atoms with van der Waals surface area (Å²) in [6.07, 6.45) is 5.92. The van der Waals surface area contributed by atoms with Gasteiger partial charge in [-0.2, -0.15) is 5.26 Å². The van der Waals surface area contributed by atoms with Crippen molar-refractivity contribution >= 4 is 11.4 Å². The number of rotatable bonds is 10. The molecule has 146 valence electrons. The molecule has 0 aromatic heterocycles. The van der Waals surface area contributed by atoms with Gasteiger partial charge in [0.1, 0.15) is 11.6 Å². The minimum absolute atomic E-state index is 0.0446. The number of Topliss-reactive ketones (excluding diaryl/α,β-unsaturated/α-hetero) is 1. The zero-order valence-corrected chi connectivity index (χ0v) is 17.4. The second-order valence-electron chi connectivity index (χ2n) is 7.47. The summed E-state index contributed by atoms with van der Waals surface area (Å²) < 4.78 is 0. The summed E-state index contributed by atoms with van der Waals surface area (Å²) in [6.45, 7) is 6.42. The molecule has 0 amide bonds. The summed E-state index contributed by atoms with van der Waals surface area (Å²) in [5, 5.41) is 9.88. The number of allylic oxidation sites excluding steroid dienone is 1. The van der Waals surface area contributed by atoms with E-state index in [1.54, 1.807) is 0 Å². The van der Waals surface area contributed by atoms with Gasteiger partial charge in [0.15, 0.2) is 5.78 Å². The normalized spacial score (nSPS) is 12.8. The lowest BCUT2D eigenvalue weighted by Gasteiger charge is -2.15. The molecule has 0 heterocycles. The number of unbranched alkanes of at least 4 members (excludes halogenated alkanes) is 1. The summed E-state index contributed by atoms with van der Waals surface area (Å²) in [4.78, 5) is 13.0. The van der Waals surface area contributed by atoms with Crippen LogP contribution in [0.1, 0.15) is 69.1 Å². The Morgan fingerprint density at radius 3 is 2.18 bits per heavy atom. The van der Waals surface area contributed by atoms with Crippen LogP contribution in [0.3, 0.4) is 0 Å². The number of aryl methyl sites for hydroxylation is 1. The van der Waals surface area contributed by atoms with Crippen LogP contribution < -0.4 is 0 Å². The van der Waals surface area contributed by atoms with Crippen LogP contribution in [-0.4, -0.2) is 5.78 Å². The van der Waals surface area contributed by atoms with Crippen LogP contribution in [0.2, 0.25) is 0 Å². The predicted octanol–water partition coefficient (Wildman–Crippen LogP) is 6.89.